The lowest BCUT2D eigenvalue weighted by atomic mass is 10.1. The fourth-order valence-electron chi connectivity index (χ4n) is 2.71. The van der Waals surface area contributed by atoms with Crippen LogP contribution in [0.5, 0.6) is 0 Å². The molecule has 1 aliphatic rings. The highest BCUT2D eigenvalue weighted by Gasteiger charge is 2.32. The van der Waals surface area contributed by atoms with E-state index in [4.69, 9.17) is 0 Å². The smallest absolute Gasteiger partial charge is 0.223 e. The number of Topliss-reactive ketones (excluding diaryl/α,β-unsaturated/α-hetero) is 1. The van der Waals surface area contributed by atoms with Crippen LogP contribution >= 0.6 is 27.3 Å². The molecule has 126 valence electrons. The molecule has 24 heavy (non-hydrogen) atoms. The van der Waals surface area contributed by atoms with Crippen molar-refractivity contribution in [1.82, 2.24) is 4.90 Å². The Kier molecular flexibility index (Phi) is 5.51. The maximum absolute atomic E-state index is 12.6. The van der Waals surface area contributed by atoms with Gasteiger partial charge < -0.3 is 4.90 Å². The summed E-state index contributed by atoms with van der Waals surface area (Å²) >= 11 is 4.97. The monoisotopic (exact) mass is 405 g/mol. The Morgan fingerprint density at radius 1 is 1.21 bits per heavy atom. The molecule has 1 saturated carbocycles. The first-order valence-electron chi connectivity index (χ1n) is 8.16. The third kappa shape index (κ3) is 4.54. The van der Waals surface area contributed by atoms with Crippen LogP contribution in [0.4, 0.5) is 0 Å². The summed E-state index contributed by atoms with van der Waals surface area (Å²) in [5.41, 5.74) is 1.12. The van der Waals surface area contributed by atoms with Crippen LogP contribution in [0.2, 0.25) is 0 Å². The van der Waals surface area contributed by atoms with Crippen LogP contribution < -0.4 is 0 Å². The van der Waals surface area contributed by atoms with Gasteiger partial charge in [0.15, 0.2) is 5.78 Å². The summed E-state index contributed by atoms with van der Waals surface area (Å²) in [6, 6.07) is 12.2. The summed E-state index contributed by atoms with van der Waals surface area (Å²) in [6.45, 7) is 2.61. The fourth-order valence-corrected chi connectivity index (χ4v) is 3.99. The average Bonchev–Trinajstić information content (AvgIpc) is 3.30. The van der Waals surface area contributed by atoms with E-state index >= 15 is 0 Å². The van der Waals surface area contributed by atoms with Gasteiger partial charge in [0.25, 0.3) is 0 Å². The minimum Gasteiger partial charge on any atom is -0.335 e. The minimum absolute atomic E-state index is 0.0691. The maximum Gasteiger partial charge on any atom is 0.223 e. The number of hydrogen-bond acceptors (Lipinski definition) is 3. The van der Waals surface area contributed by atoms with Crippen molar-refractivity contribution < 1.29 is 9.59 Å². The first kappa shape index (κ1) is 17.4. The van der Waals surface area contributed by atoms with Crippen molar-refractivity contribution in [3.63, 3.8) is 0 Å². The number of nitrogens with zero attached hydrogens (tertiary/aromatic N) is 1. The van der Waals surface area contributed by atoms with Gasteiger partial charge >= 0.3 is 0 Å². The molecule has 0 N–H and O–H groups in total. The van der Waals surface area contributed by atoms with Crippen molar-refractivity contribution in [2.45, 2.75) is 45.2 Å². The van der Waals surface area contributed by atoms with Gasteiger partial charge in [0, 0.05) is 34.8 Å². The zero-order chi connectivity index (χ0) is 17.1. The molecular weight excluding hydrogens is 386 g/mol. The molecule has 3 nitrogen and oxygen atoms in total. The van der Waals surface area contributed by atoms with E-state index < -0.39 is 0 Å². The van der Waals surface area contributed by atoms with E-state index in [1.54, 1.807) is 0 Å². The van der Waals surface area contributed by atoms with Crippen molar-refractivity contribution in [3.8, 4) is 0 Å². The van der Waals surface area contributed by atoms with Gasteiger partial charge in [0.2, 0.25) is 5.91 Å². The van der Waals surface area contributed by atoms with E-state index in [-0.39, 0.29) is 11.7 Å². The molecule has 5 heteroatoms. The van der Waals surface area contributed by atoms with Crippen molar-refractivity contribution >= 4 is 39.0 Å². The Morgan fingerprint density at radius 2 is 2.00 bits per heavy atom. The molecule has 1 amide bonds. The molecule has 0 unspecified atom stereocenters. The SMILES string of the molecule is Cc1ccc(C(=O)CCC(=O)N(Cc2cccc(Br)c2)C2CC2)s1. The molecule has 0 spiro atoms. The number of carbonyl (C=O) groups is 2. The lowest BCUT2D eigenvalue weighted by Gasteiger charge is -2.22. The van der Waals surface area contributed by atoms with E-state index in [1.165, 1.54) is 11.3 Å². The molecule has 0 saturated heterocycles. The summed E-state index contributed by atoms with van der Waals surface area (Å²) in [5, 5.41) is 0. The van der Waals surface area contributed by atoms with Crippen LogP contribution in [0.1, 0.15) is 45.8 Å². The second-order valence-corrected chi connectivity index (χ2v) is 8.42. The van der Waals surface area contributed by atoms with E-state index in [0.29, 0.717) is 25.4 Å². The third-order valence-corrected chi connectivity index (χ3v) is 5.67. The Hall–Kier alpha value is -1.46. The molecule has 0 radical (unpaired) electrons. The van der Waals surface area contributed by atoms with E-state index in [9.17, 15) is 9.59 Å². The molecule has 3 rings (SSSR count). The second kappa shape index (κ2) is 7.62. The number of carbonyl (C=O) groups excluding carboxylic acids is 2. The number of hydrogen-bond donors (Lipinski definition) is 0. The first-order chi connectivity index (χ1) is 11.5. The van der Waals surface area contributed by atoms with Gasteiger partial charge in [-0.25, -0.2) is 0 Å². The van der Waals surface area contributed by atoms with Crippen LogP contribution in [0.25, 0.3) is 0 Å². The highest BCUT2D eigenvalue weighted by atomic mass is 79.9. The predicted octanol–water partition coefficient (Wildman–Crippen LogP) is 4.97. The summed E-state index contributed by atoms with van der Waals surface area (Å²) in [7, 11) is 0. The number of thiophene rings is 1. The highest BCUT2D eigenvalue weighted by molar-refractivity contribution is 9.10. The van der Waals surface area contributed by atoms with Crippen molar-refractivity contribution in [1.29, 1.82) is 0 Å². The van der Waals surface area contributed by atoms with Crippen LogP contribution in [0, 0.1) is 6.92 Å². The number of halogens is 1. The van der Waals surface area contributed by atoms with Gasteiger partial charge in [-0.2, -0.15) is 0 Å². The summed E-state index contributed by atoms with van der Waals surface area (Å²) < 4.78 is 1.02. The number of ketones is 1. The van der Waals surface area contributed by atoms with E-state index in [0.717, 1.165) is 32.6 Å². The van der Waals surface area contributed by atoms with Gasteiger partial charge in [-0.05, 0) is 49.6 Å². The molecule has 0 bridgehead atoms. The third-order valence-electron chi connectivity index (χ3n) is 4.13. The summed E-state index contributed by atoms with van der Waals surface area (Å²) in [5.74, 6) is 0.152. The summed E-state index contributed by atoms with van der Waals surface area (Å²) in [4.78, 5) is 28.6. The Bertz CT molecular complexity index is 751. The minimum atomic E-state index is 0.0691. The normalized spacial score (nSPS) is 13.8. The molecule has 1 aromatic carbocycles. The molecule has 1 aliphatic carbocycles. The predicted molar refractivity (Wildman–Crippen MR) is 100 cm³/mol. The molecule has 1 heterocycles. The Morgan fingerprint density at radius 3 is 2.62 bits per heavy atom. The zero-order valence-corrected chi connectivity index (χ0v) is 16.0. The summed E-state index contributed by atoms with van der Waals surface area (Å²) in [6.07, 6.45) is 2.72. The number of amides is 1. The Balaban J connectivity index is 1.59. The number of benzene rings is 1. The quantitative estimate of drug-likeness (QED) is 0.609. The molecule has 2 aromatic rings. The van der Waals surface area contributed by atoms with Crippen LogP contribution in [0.15, 0.2) is 40.9 Å². The topological polar surface area (TPSA) is 37.4 Å². The molecule has 1 aromatic heterocycles. The van der Waals surface area contributed by atoms with Crippen molar-refractivity contribution in [2.24, 2.45) is 0 Å². The fraction of sp³-hybridized carbons (Fsp3) is 0.368. The average molecular weight is 406 g/mol. The second-order valence-electron chi connectivity index (χ2n) is 6.22. The lowest BCUT2D eigenvalue weighted by molar-refractivity contribution is -0.132. The van der Waals surface area contributed by atoms with Gasteiger partial charge in [-0.1, -0.05) is 28.1 Å². The van der Waals surface area contributed by atoms with Gasteiger partial charge in [0.05, 0.1) is 4.88 Å². The van der Waals surface area contributed by atoms with Crippen molar-refractivity contribution in [2.75, 3.05) is 0 Å². The number of rotatable bonds is 7. The standard InChI is InChI=1S/C19H20BrNO2S/c1-13-5-9-18(24-13)17(22)8-10-19(23)21(16-6-7-16)12-14-3-2-4-15(20)11-14/h2-5,9,11,16H,6-8,10,12H2,1H3. The largest absolute Gasteiger partial charge is 0.335 e. The van der Waals surface area contributed by atoms with E-state index in [2.05, 4.69) is 15.9 Å². The molecule has 1 fully saturated rings. The molecule has 0 atom stereocenters. The van der Waals surface area contributed by atoms with E-state index in [1.807, 2.05) is 48.2 Å². The lowest BCUT2D eigenvalue weighted by Crippen LogP contribution is -2.32. The van der Waals surface area contributed by atoms with Crippen LogP contribution in [0.3, 0.4) is 0 Å². The zero-order valence-electron chi connectivity index (χ0n) is 13.6. The highest BCUT2D eigenvalue weighted by Crippen LogP contribution is 2.30. The van der Waals surface area contributed by atoms with Gasteiger partial charge in [-0.15, -0.1) is 11.3 Å². The van der Waals surface area contributed by atoms with Gasteiger partial charge in [-0.3, -0.25) is 9.59 Å². The molecule has 0 aliphatic heterocycles. The van der Waals surface area contributed by atoms with Crippen molar-refractivity contribution in [3.05, 3.63) is 56.2 Å². The number of aryl methyl sites for hydroxylation is 1. The van der Waals surface area contributed by atoms with Crippen LogP contribution in [-0.4, -0.2) is 22.6 Å². The van der Waals surface area contributed by atoms with Gasteiger partial charge in [0.1, 0.15) is 0 Å². The Labute approximate surface area is 154 Å². The van der Waals surface area contributed by atoms with Crippen LogP contribution in [-0.2, 0) is 11.3 Å². The molecular formula is C19H20BrNO2S. The first-order valence-corrected chi connectivity index (χ1v) is 9.77. The maximum atomic E-state index is 12.6.